The highest BCUT2D eigenvalue weighted by molar-refractivity contribution is 6.74. The number of carbonyl (C=O) groups is 2. The quantitative estimate of drug-likeness (QED) is 0.159. The van der Waals surface area contributed by atoms with Gasteiger partial charge in [0.1, 0.15) is 5.75 Å². The molecule has 4 rings (SSSR count). The summed E-state index contributed by atoms with van der Waals surface area (Å²) in [4.78, 5) is 30.5. The molecule has 6 heteroatoms. The summed E-state index contributed by atoms with van der Waals surface area (Å²) in [7, 11) is -2.21. The average Bonchev–Trinajstić information content (AvgIpc) is 2.98. The molecule has 0 saturated heterocycles. The van der Waals surface area contributed by atoms with Gasteiger partial charge in [-0.1, -0.05) is 112 Å². The van der Waals surface area contributed by atoms with Gasteiger partial charge in [0.25, 0.3) is 8.32 Å². The van der Waals surface area contributed by atoms with Crippen LogP contribution >= 0.6 is 0 Å². The summed E-state index contributed by atoms with van der Waals surface area (Å²) in [6.07, 6.45) is 0. The van der Waals surface area contributed by atoms with Crippen LogP contribution in [-0.2, 0) is 22.7 Å². The van der Waals surface area contributed by atoms with Crippen molar-refractivity contribution in [3.8, 4) is 17.6 Å². The minimum absolute atomic E-state index is 0.0275. The van der Waals surface area contributed by atoms with Crippen LogP contribution in [0, 0.1) is 11.8 Å². The zero-order valence-corrected chi connectivity index (χ0v) is 26.0. The van der Waals surface area contributed by atoms with Gasteiger partial charge in [0.2, 0.25) is 0 Å². The Bertz CT molecular complexity index is 1550. The van der Waals surface area contributed by atoms with Crippen LogP contribution in [0.15, 0.2) is 115 Å². The molecule has 0 radical (unpaired) electrons. The maximum Gasteiger partial charge on any atom is 0.303 e. The maximum atomic E-state index is 13.8. The second-order valence-electron chi connectivity index (χ2n) is 11.7. The molecule has 42 heavy (non-hydrogen) atoms. The molecule has 0 bridgehead atoms. The van der Waals surface area contributed by atoms with Gasteiger partial charge in [-0.15, -0.1) is 0 Å². The minimum atomic E-state index is -2.21. The first-order valence-electron chi connectivity index (χ1n) is 14.1. The summed E-state index contributed by atoms with van der Waals surface area (Å²) < 4.78 is 6.68. The van der Waals surface area contributed by atoms with Gasteiger partial charge in [0.15, 0.2) is 0 Å². The summed E-state index contributed by atoms with van der Waals surface area (Å²) in [6.45, 7) is 11.5. The van der Waals surface area contributed by atoms with Crippen LogP contribution in [0.1, 0.15) is 31.9 Å². The summed E-state index contributed by atoms with van der Waals surface area (Å²) in [5.41, 5.74) is 3.24. The van der Waals surface area contributed by atoms with E-state index in [0.717, 1.165) is 11.1 Å². The second-order valence-corrected chi connectivity index (χ2v) is 16.4. The van der Waals surface area contributed by atoms with E-state index < -0.39 is 20.1 Å². The van der Waals surface area contributed by atoms with E-state index in [1.54, 1.807) is 9.80 Å². The lowest BCUT2D eigenvalue weighted by Gasteiger charge is -2.37. The second kappa shape index (κ2) is 13.4. The van der Waals surface area contributed by atoms with Crippen molar-refractivity contribution in [2.75, 3.05) is 9.80 Å². The van der Waals surface area contributed by atoms with Crippen LogP contribution in [0.25, 0.3) is 0 Å². The molecule has 4 aromatic carbocycles. The normalized spacial score (nSPS) is 11.2. The maximum absolute atomic E-state index is 13.8. The average molecular weight is 575 g/mol. The van der Waals surface area contributed by atoms with E-state index in [0.29, 0.717) is 23.7 Å². The number of para-hydroxylation sites is 3. The first-order chi connectivity index (χ1) is 20.0. The molecular weight excluding hydrogens is 536 g/mol. The van der Waals surface area contributed by atoms with Gasteiger partial charge in [-0.3, -0.25) is 19.4 Å². The third-order valence-corrected chi connectivity index (χ3v) is 11.9. The lowest BCUT2D eigenvalue weighted by Crippen LogP contribution is -2.44. The topological polar surface area (TPSA) is 49.9 Å². The highest BCUT2D eigenvalue weighted by atomic mass is 28.4. The van der Waals surface area contributed by atoms with Gasteiger partial charge in [-0.25, -0.2) is 0 Å². The Kier molecular flexibility index (Phi) is 9.67. The molecule has 5 nitrogen and oxygen atoms in total. The number of benzene rings is 4. The number of anilines is 2. The first kappa shape index (κ1) is 30.4. The molecule has 214 valence electrons. The first-order valence-corrected chi connectivity index (χ1v) is 17.0. The van der Waals surface area contributed by atoms with E-state index in [4.69, 9.17) is 4.43 Å². The summed E-state index contributed by atoms with van der Waals surface area (Å²) >= 11 is 0. The smallest absolute Gasteiger partial charge is 0.303 e. The largest absolute Gasteiger partial charge is 0.542 e. The molecule has 0 fully saturated rings. The molecule has 2 amide bonds. The summed E-state index contributed by atoms with van der Waals surface area (Å²) in [6, 6.07) is 36.4. The van der Waals surface area contributed by atoms with Crippen molar-refractivity contribution in [3.63, 3.8) is 0 Å². The molecule has 0 atom stereocenters. The van der Waals surface area contributed by atoms with Gasteiger partial charge >= 0.3 is 11.8 Å². The van der Waals surface area contributed by atoms with Crippen molar-refractivity contribution < 1.29 is 14.0 Å². The predicted octanol–water partition coefficient (Wildman–Crippen LogP) is 7.84. The van der Waals surface area contributed by atoms with Gasteiger partial charge < -0.3 is 4.43 Å². The van der Waals surface area contributed by atoms with Crippen LogP contribution in [0.3, 0.4) is 0 Å². The zero-order valence-electron chi connectivity index (χ0n) is 25.0. The van der Waals surface area contributed by atoms with E-state index in [1.165, 1.54) is 0 Å². The van der Waals surface area contributed by atoms with Crippen molar-refractivity contribution in [2.45, 2.75) is 52.0 Å². The lowest BCUT2D eigenvalue weighted by atomic mass is 10.2. The number of nitrogens with zero attached hydrogens (tertiary/aromatic N) is 2. The van der Waals surface area contributed by atoms with Crippen LogP contribution in [0.5, 0.6) is 5.75 Å². The fourth-order valence-corrected chi connectivity index (χ4v) is 5.15. The zero-order chi connectivity index (χ0) is 30.2. The van der Waals surface area contributed by atoms with Crippen molar-refractivity contribution >= 4 is 31.5 Å². The molecule has 0 heterocycles. The molecule has 0 unspecified atom stereocenters. The van der Waals surface area contributed by atoms with E-state index in [-0.39, 0.29) is 11.6 Å². The van der Waals surface area contributed by atoms with Gasteiger partial charge in [-0.05, 0) is 53.5 Å². The van der Waals surface area contributed by atoms with E-state index >= 15 is 0 Å². The van der Waals surface area contributed by atoms with E-state index in [9.17, 15) is 9.59 Å². The van der Waals surface area contributed by atoms with Crippen LogP contribution in [-0.4, -0.2) is 20.1 Å². The molecular formula is C36H38N2O3Si. The van der Waals surface area contributed by atoms with Crippen molar-refractivity contribution in [1.29, 1.82) is 0 Å². The standard InChI is InChI=1S/C36H38N2O3Si/c1-36(2,3)42(4,5)41-33-24-16-15-23-32(33)38(28-30-19-11-7-12-20-30)35(40)26-25-34(39)37(31-21-13-8-14-22-31)27-29-17-9-6-10-18-29/h6-24H,27-28H2,1-5H3. The molecule has 0 saturated carbocycles. The van der Waals surface area contributed by atoms with Gasteiger partial charge in [0, 0.05) is 17.5 Å². The fourth-order valence-electron chi connectivity index (χ4n) is 4.12. The molecule has 0 aliphatic heterocycles. The Morgan fingerprint density at radius 1 is 0.643 bits per heavy atom. The van der Waals surface area contributed by atoms with Crippen LogP contribution in [0.4, 0.5) is 11.4 Å². The van der Waals surface area contributed by atoms with Gasteiger partial charge in [0.05, 0.1) is 18.8 Å². The third kappa shape index (κ3) is 7.77. The minimum Gasteiger partial charge on any atom is -0.542 e. The predicted molar refractivity (Wildman–Crippen MR) is 174 cm³/mol. The van der Waals surface area contributed by atoms with Crippen molar-refractivity contribution in [3.05, 3.63) is 126 Å². The van der Waals surface area contributed by atoms with Gasteiger partial charge in [-0.2, -0.15) is 0 Å². The number of rotatable bonds is 8. The van der Waals surface area contributed by atoms with E-state index in [2.05, 4.69) is 45.7 Å². The fraction of sp³-hybridized carbons (Fsp3) is 0.222. The number of hydrogen-bond acceptors (Lipinski definition) is 3. The highest BCUT2D eigenvalue weighted by Crippen LogP contribution is 2.40. The van der Waals surface area contributed by atoms with E-state index in [1.807, 2.05) is 115 Å². The number of amides is 2. The molecule has 0 spiro atoms. The number of carbonyl (C=O) groups excluding carboxylic acids is 2. The Balaban J connectivity index is 1.69. The Labute approximate surface area is 250 Å². The van der Waals surface area contributed by atoms with Crippen molar-refractivity contribution in [2.24, 2.45) is 0 Å². The Hall–Kier alpha value is -4.60. The molecule has 0 aliphatic rings. The summed E-state index contributed by atoms with van der Waals surface area (Å²) in [5.74, 6) is 5.00. The summed E-state index contributed by atoms with van der Waals surface area (Å²) in [5, 5.41) is -0.0275. The monoisotopic (exact) mass is 574 g/mol. The van der Waals surface area contributed by atoms with Crippen LogP contribution in [0.2, 0.25) is 18.1 Å². The molecule has 0 aliphatic carbocycles. The lowest BCUT2D eigenvalue weighted by molar-refractivity contribution is -0.115. The number of hydrogen-bond donors (Lipinski definition) is 0. The highest BCUT2D eigenvalue weighted by Gasteiger charge is 2.39. The Morgan fingerprint density at radius 3 is 1.60 bits per heavy atom. The molecule has 0 aromatic heterocycles. The molecule has 0 N–H and O–H groups in total. The van der Waals surface area contributed by atoms with Crippen molar-refractivity contribution in [1.82, 2.24) is 0 Å². The Morgan fingerprint density at radius 2 is 1.07 bits per heavy atom. The molecule has 4 aromatic rings. The SMILES string of the molecule is CC(C)(C)[Si](C)(C)Oc1ccccc1N(Cc1ccccc1)C(=O)C#CC(=O)N(Cc1ccccc1)c1ccccc1. The van der Waals surface area contributed by atoms with Crippen LogP contribution < -0.4 is 14.2 Å². The third-order valence-electron chi connectivity index (χ3n) is 7.53.